The second-order valence-corrected chi connectivity index (χ2v) is 11.0. The van der Waals surface area contributed by atoms with Gasteiger partial charge in [0.25, 0.3) is 5.78 Å². The molecule has 11 heteroatoms. The van der Waals surface area contributed by atoms with Gasteiger partial charge >= 0.3 is 5.91 Å². The fraction of sp³-hybridized carbons (Fsp3) is 0.0769. The lowest BCUT2D eigenvalue weighted by molar-refractivity contribution is -0.132. The standard InChI is InChI=1S/C26H16Cl2FN3O3S2/c27-16-8-11-18(19(28)12-16)21-20(22(33)15-6-9-17(29)10-7-15)23(34)24(35)32(21)25-30-31-26(37-25)36-13-14-4-2-1-3-5-14/h1-12,21,33H,13H2/b22-20-. The Balaban J connectivity index is 1.58. The molecule has 0 saturated carbocycles. The van der Waals surface area contributed by atoms with Gasteiger partial charge in [0, 0.05) is 21.4 Å². The Hall–Kier alpha value is -3.24. The quantitative estimate of drug-likeness (QED) is 0.0890. The predicted octanol–water partition coefficient (Wildman–Crippen LogP) is 6.90. The topological polar surface area (TPSA) is 83.4 Å². The normalized spacial score (nSPS) is 16.9. The van der Waals surface area contributed by atoms with Crippen molar-refractivity contribution in [3.05, 3.63) is 111 Å². The molecule has 3 aromatic carbocycles. The van der Waals surface area contributed by atoms with Crippen molar-refractivity contribution in [3.63, 3.8) is 0 Å². The summed E-state index contributed by atoms with van der Waals surface area (Å²) in [5.41, 5.74) is 1.43. The van der Waals surface area contributed by atoms with E-state index >= 15 is 0 Å². The summed E-state index contributed by atoms with van der Waals surface area (Å²) in [6.07, 6.45) is 0. The Morgan fingerprint density at radius 2 is 1.76 bits per heavy atom. The number of amides is 1. The van der Waals surface area contributed by atoms with Crippen LogP contribution in [0.3, 0.4) is 0 Å². The van der Waals surface area contributed by atoms with Gasteiger partial charge in [-0.15, -0.1) is 10.2 Å². The fourth-order valence-corrected chi connectivity index (χ4v) is 6.22. The zero-order valence-electron chi connectivity index (χ0n) is 18.8. The van der Waals surface area contributed by atoms with Crippen molar-refractivity contribution in [3.8, 4) is 0 Å². The van der Waals surface area contributed by atoms with Crippen molar-refractivity contribution < 1.29 is 19.1 Å². The monoisotopic (exact) mass is 571 g/mol. The van der Waals surface area contributed by atoms with Crippen molar-refractivity contribution >= 4 is 68.9 Å². The molecule has 0 spiro atoms. The van der Waals surface area contributed by atoms with Crippen molar-refractivity contribution in [2.75, 3.05) is 4.90 Å². The highest BCUT2D eigenvalue weighted by atomic mass is 35.5. The third kappa shape index (κ3) is 5.13. The molecule has 0 bridgehead atoms. The van der Waals surface area contributed by atoms with E-state index in [1.807, 2.05) is 30.3 Å². The van der Waals surface area contributed by atoms with Crippen molar-refractivity contribution in [2.45, 2.75) is 16.1 Å². The molecule has 1 fully saturated rings. The van der Waals surface area contributed by atoms with E-state index in [9.17, 15) is 19.1 Å². The van der Waals surface area contributed by atoms with E-state index in [-0.39, 0.29) is 21.3 Å². The van der Waals surface area contributed by atoms with E-state index in [0.29, 0.717) is 20.7 Å². The Morgan fingerprint density at radius 3 is 2.46 bits per heavy atom. The molecule has 2 heterocycles. The molecule has 1 aromatic heterocycles. The van der Waals surface area contributed by atoms with Gasteiger partial charge in [-0.2, -0.15) is 0 Å². The lowest BCUT2D eigenvalue weighted by atomic mass is 9.95. The van der Waals surface area contributed by atoms with Crippen LogP contribution in [0.2, 0.25) is 10.0 Å². The smallest absolute Gasteiger partial charge is 0.301 e. The first-order valence-electron chi connectivity index (χ1n) is 10.9. The van der Waals surface area contributed by atoms with Gasteiger partial charge in [0.2, 0.25) is 5.13 Å². The van der Waals surface area contributed by atoms with Gasteiger partial charge in [0.1, 0.15) is 11.6 Å². The first-order valence-corrected chi connectivity index (χ1v) is 13.4. The second-order valence-electron chi connectivity index (χ2n) is 7.97. The minimum Gasteiger partial charge on any atom is -0.507 e. The number of halogens is 3. The maximum atomic E-state index is 13.5. The van der Waals surface area contributed by atoms with Gasteiger partial charge in [-0.1, -0.05) is 82.7 Å². The second kappa shape index (κ2) is 10.6. The number of carbonyl (C=O) groups excluding carboxylic acids is 2. The summed E-state index contributed by atoms with van der Waals surface area (Å²) in [6, 6.07) is 18.3. The summed E-state index contributed by atoms with van der Waals surface area (Å²) in [7, 11) is 0. The Labute approximate surface area is 229 Å². The molecule has 1 aliphatic heterocycles. The fourth-order valence-electron chi connectivity index (χ4n) is 3.89. The number of carbonyl (C=O) groups is 2. The van der Waals surface area contributed by atoms with E-state index in [1.165, 1.54) is 34.9 Å². The van der Waals surface area contributed by atoms with Crippen molar-refractivity contribution in [2.24, 2.45) is 0 Å². The molecular weight excluding hydrogens is 556 g/mol. The number of Topliss-reactive ketones (excluding diaryl/α,β-unsaturated/α-hetero) is 1. The molecule has 0 radical (unpaired) electrons. The number of aliphatic hydroxyl groups excluding tert-OH is 1. The molecule has 186 valence electrons. The zero-order chi connectivity index (χ0) is 26.1. The third-order valence-corrected chi connectivity index (χ3v) is 8.32. The molecule has 1 aliphatic rings. The van der Waals surface area contributed by atoms with E-state index < -0.39 is 29.3 Å². The molecule has 1 N–H and O–H groups in total. The number of ketones is 1. The molecule has 37 heavy (non-hydrogen) atoms. The molecule has 1 unspecified atom stereocenters. The number of benzene rings is 3. The van der Waals surface area contributed by atoms with Crippen molar-refractivity contribution in [1.82, 2.24) is 10.2 Å². The summed E-state index contributed by atoms with van der Waals surface area (Å²) >= 11 is 15.2. The van der Waals surface area contributed by atoms with Gasteiger partial charge < -0.3 is 5.11 Å². The Kier molecular flexibility index (Phi) is 7.30. The summed E-state index contributed by atoms with van der Waals surface area (Å²) in [5.74, 6) is -2.14. The molecular formula is C26H16Cl2FN3O3S2. The van der Waals surface area contributed by atoms with Gasteiger partial charge in [0.05, 0.1) is 11.6 Å². The summed E-state index contributed by atoms with van der Waals surface area (Å²) < 4.78 is 14.1. The Bertz CT molecular complexity index is 1530. The number of thioether (sulfide) groups is 1. The summed E-state index contributed by atoms with van der Waals surface area (Å²) in [6.45, 7) is 0. The summed E-state index contributed by atoms with van der Waals surface area (Å²) in [5, 5.41) is 20.2. The molecule has 1 atom stereocenters. The zero-order valence-corrected chi connectivity index (χ0v) is 21.9. The van der Waals surface area contributed by atoms with Crippen LogP contribution in [0.5, 0.6) is 0 Å². The van der Waals surface area contributed by atoms with Gasteiger partial charge in [-0.3, -0.25) is 14.5 Å². The largest absolute Gasteiger partial charge is 0.507 e. The molecule has 1 saturated heterocycles. The first-order chi connectivity index (χ1) is 17.8. The molecule has 6 nitrogen and oxygen atoms in total. The first kappa shape index (κ1) is 25.4. The lowest BCUT2D eigenvalue weighted by Gasteiger charge is -2.23. The van der Waals surface area contributed by atoms with Crippen LogP contribution in [0, 0.1) is 5.82 Å². The van der Waals surface area contributed by atoms with Crippen molar-refractivity contribution in [1.29, 1.82) is 0 Å². The van der Waals surface area contributed by atoms with Gasteiger partial charge in [-0.05, 0) is 47.5 Å². The van der Waals surface area contributed by atoms with Crippen LogP contribution in [0.25, 0.3) is 5.76 Å². The highest BCUT2D eigenvalue weighted by Crippen LogP contribution is 2.46. The van der Waals surface area contributed by atoms with Gasteiger partial charge in [-0.25, -0.2) is 4.39 Å². The highest BCUT2D eigenvalue weighted by Gasteiger charge is 2.49. The van der Waals surface area contributed by atoms with Crippen LogP contribution in [-0.2, 0) is 15.3 Å². The summed E-state index contributed by atoms with van der Waals surface area (Å²) in [4.78, 5) is 27.7. The predicted molar refractivity (Wildman–Crippen MR) is 144 cm³/mol. The maximum absolute atomic E-state index is 13.5. The van der Waals surface area contributed by atoms with Crippen LogP contribution in [0.15, 0.2) is 82.7 Å². The van der Waals surface area contributed by atoms with E-state index in [0.717, 1.165) is 29.0 Å². The third-order valence-electron chi connectivity index (χ3n) is 5.63. The number of aromatic nitrogens is 2. The number of hydrogen-bond donors (Lipinski definition) is 1. The Morgan fingerprint density at radius 1 is 1.03 bits per heavy atom. The van der Waals surface area contributed by atoms with Crippen LogP contribution in [0.1, 0.15) is 22.7 Å². The maximum Gasteiger partial charge on any atom is 0.301 e. The molecule has 5 rings (SSSR count). The molecule has 1 amide bonds. The average Bonchev–Trinajstić information content (AvgIpc) is 3.45. The van der Waals surface area contributed by atoms with E-state index in [1.54, 1.807) is 12.1 Å². The molecule has 4 aromatic rings. The number of hydrogen-bond acceptors (Lipinski definition) is 7. The van der Waals surface area contributed by atoms with E-state index in [4.69, 9.17) is 23.2 Å². The SMILES string of the molecule is O=C1C(=O)N(c2nnc(SCc3ccccc3)s2)C(c2ccc(Cl)cc2Cl)/C1=C(/O)c1ccc(F)cc1. The molecule has 0 aliphatic carbocycles. The minimum absolute atomic E-state index is 0.172. The number of rotatable bonds is 6. The number of aliphatic hydroxyl groups is 1. The highest BCUT2D eigenvalue weighted by molar-refractivity contribution is 8.00. The lowest BCUT2D eigenvalue weighted by Crippen LogP contribution is -2.29. The number of anilines is 1. The van der Waals surface area contributed by atoms with Crippen LogP contribution in [0.4, 0.5) is 9.52 Å². The van der Waals surface area contributed by atoms with Crippen LogP contribution >= 0.6 is 46.3 Å². The van der Waals surface area contributed by atoms with E-state index in [2.05, 4.69) is 10.2 Å². The minimum atomic E-state index is -1.10. The average molecular weight is 572 g/mol. The van der Waals surface area contributed by atoms with Crippen LogP contribution in [-0.4, -0.2) is 27.0 Å². The van der Waals surface area contributed by atoms with Gasteiger partial charge in [0.15, 0.2) is 4.34 Å². The number of nitrogens with zero attached hydrogens (tertiary/aromatic N) is 3. The van der Waals surface area contributed by atoms with Crippen LogP contribution < -0.4 is 4.90 Å².